The Morgan fingerprint density at radius 2 is 1.46 bits per heavy atom. The van der Waals surface area contributed by atoms with Gasteiger partial charge in [-0.15, -0.1) is 0 Å². The zero-order valence-electron chi connectivity index (χ0n) is 13.9. The van der Waals surface area contributed by atoms with E-state index in [-0.39, 0.29) is 5.75 Å². The molecule has 0 saturated heterocycles. The van der Waals surface area contributed by atoms with E-state index in [1.54, 1.807) is 6.07 Å². The number of carbonyl (C=O) groups excluding carboxylic acids is 2. The number of phosphoric acid groups is 1. The maximum Gasteiger partial charge on any atom is 0.531 e. The van der Waals surface area contributed by atoms with Crippen molar-refractivity contribution in [3.05, 3.63) is 50.9 Å². The topological polar surface area (TPSA) is 78.9 Å². The van der Waals surface area contributed by atoms with Gasteiger partial charge in [0.15, 0.2) is 11.6 Å². The van der Waals surface area contributed by atoms with Crippen LogP contribution >= 0.6 is 55.6 Å². The molecule has 1 aromatic rings. The molecule has 2 atom stereocenters. The molecule has 0 saturated carbocycles. The molecule has 0 aliphatic carbocycles. The highest BCUT2D eigenvalue weighted by Gasteiger charge is 2.37. The predicted molar refractivity (Wildman–Crippen MR) is 109 cm³/mol. The van der Waals surface area contributed by atoms with Gasteiger partial charge in [-0.05, 0) is 85.9 Å². The summed E-state index contributed by atoms with van der Waals surface area (Å²) in [6.07, 6.45) is -0.247. The van der Waals surface area contributed by atoms with Crippen molar-refractivity contribution in [3.63, 3.8) is 0 Å². The number of phosphoric ester groups is 1. The molecular formula is C16H16Br3O6P. The van der Waals surface area contributed by atoms with E-state index in [2.05, 4.69) is 60.9 Å². The van der Waals surface area contributed by atoms with E-state index in [0.717, 1.165) is 16.6 Å². The van der Waals surface area contributed by atoms with Crippen LogP contribution in [0.1, 0.15) is 13.8 Å². The molecular weight excluding hydrogens is 559 g/mol. The fraction of sp³-hybridized carbons (Fsp3) is 0.250. The van der Waals surface area contributed by atoms with Crippen LogP contribution in [0.2, 0.25) is 0 Å². The minimum atomic E-state index is -4.35. The van der Waals surface area contributed by atoms with Crippen LogP contribution in [-0.2, 0) is 23.2 Å². The molecule has 2 unspecified atom stereocenters. The van der Waals surface area contributed by atoms with Crippen molar-refractivity contribution in [1.82, 2.24) is 0 Å². The lowest BCUT2D eigenvalue weighted by atomic mass is 10.3. The van der Waals surface area contributed by atoms with Gasteiger partial charge < -0.3 is 4.52 Å². The molecule has 0 N–H and O–H groups in total. The molecule has 0 fully saturated rings. The first kappa shape index (κ1) is 23.5. The summed E-state index contributed by atoms with van der Waals surface area (Å²) in [4.78, 5) is 23.4. The van der Waals surface area contributed by atoms with Gasteiger partial charge in [-0.3, -0.25) is 18.6 Å². The van der Waals surface area contributed by atoms with Crippen molar-refractivity contribution < 1.29 is 27.7 Å². The van der Waals surface area contributed by atoms with E-state index in [1.165, 1.54) is 19.9 Å². The molecule has 1 rings (SSSR count). The van der Waals surface area contributed by atoms with Crippen molar-refractivity contribution in [3.8, 4) is 5.75 Å². The molecule has 0 heterocycles. The molecule has 0 radical (unpaired) electrons. The highest BCUT2D eigenvalue weighted by molar-refractivity contribution is 9.14. The fourth-order valence-electron chi connectivity index (χ4n) is 1.59. The molecule has 0 amide bonds. The van der Waals surface area contributed by atoms with Crippen LogP contribution in [0.25, 0.3) is 0 Å². The van der Waals surface area contributed by atoms with Crippen LogP contribution in [-0.4, -0.2) is 23.8 Å². The lowest BCUT2D eigenvalue weighted by Gasteiger charge is -2.23. The van der Waals surface area contributed by atoms with Gasteiger partial charge in [0.2, 0.25) is 0 Å². The Bertz CT molecular complexity index is 747. The average Bonchev–Trinajstić information content (AvgIpc) is 2.60. The Labute approximate surface area is 177 Å². The number of ketones is 2. The number of halogens is 3. The highest BCUT2D eigenvalue weighted by atomic mass is 79.9. The molecule has 0 aliphatic heterocycles. The number of carbonyl (C=O) groups is 2. The van der Waals surface area contributed by atoms with Gasteiger partial charge in [-0.25, -0.2) is 4.57 Å². The Morgan fingerprint density at radius 3 is 1.88 bits per heavy atom. The highest BCUT2D eigenvalue weighted by Crippen LogP contribution is 2.54. The van der Waals surface area contributed by atoms with Crippen molar-refractivity contribution in [1.29, 1.82) is 0 Å². The normalized spacial score (nSPS) is 15.4. The third-order valence-electron chi connectivity index (χ3n) is 2.99. The summed E-state index contributed by atoms with van der Waals surface area (Å²) >= 11 is 9.95. The molecule has 1 aromatic carbocycles. The number of rotatable bonds is 10. The van der Waals surface area contributed by atoms with Gasteiger partial charge in [0.25, 0.3) is 0 Å². The van der Waals surface area contributed by atoms with Crippen LogP contribution in [0.5, 0.6) is 5.75 Å². The molecule has 10 heteroatoms. The van der Waals surface area contributed by atoms with E-state index in [4.69, 9.17) is 13.6 Å². The van der Waals surface area contributed by atoms with E-state index in [0.29, 0.717) is 8.95 Å². The van der Waals surface area contributed by atoms with E-state index in [9.17, 15) is 14.2 Å². The molecule has 0 spiro atoms. The van der Waals surface area contributed by atoms with Gasteiger partial charge in [0.1, 0.15) is 18.0 Å². The first-order valence-corrected chi connectivity index (χ1v) is 11.0. The number of benzene rings is 1. The van der Waals surface area contributed by atoms with Crippen molar-refractivity contribution in [2.75, 3.05) is 0 Å². The summed E-state index contributed by atoms with van der Waals surface area (Å²) in [5.41, 5.74) is 0. The molecule has 0 aliphatic rings. The third kappa shape index (κ3) is 6.25. The fourth-order valence-corrected chi connectivity index (χ4v) is 4.58. The number of hydrogen-bond acceptors (Lipinski definition) is 6. The minimum Gasteiger partial charge on any atom is -0.403 e. The maximum absolute atomic E-state index is 13.1. The Kier molecular flexibility index (Phi) is 9.12. The SMILES string of the molecule is C=CC(=O)C(C)OP(=O)(Oc1ccc(Br)c(Br)c1Br)OC(C)C(=O)C=C. The van der Waals surface area contributed by atoms with Gasteiger partial charge in [-0.1, -0.05) is 13.2 Å². The van der Waals surface area contributed by atoms with Crippen LogP contribution < -0.4 is 4.52 Å². The first-order chi connectivity index (χ1) is 12.0. The Balaban J connectivity index is 3.22. The standard InChI is InChI=1S/C16H16Br3O6P/c1-5-12(20)9(3)23-26(22,24-10(4)13(21)6-2)25-14-8-7-11(17)15(18)16(14)19/h5-10H,1-2H2,3-4H3. The zero-order valence-corrected chi connectivity index (χ0v) is 19.6. The van der Waals surface area contributed by atoms with Gasteiger partial charge in [-0.2, -0.15) is 0 Å². The summed E-state index contributed by atoms with van der Waals surface area (Å²) in [6.45, 7) is 9.43. The quantitative estimate of drug-likeness (QED) is 0.200. The van der Waals surface area contributed by atoms with Crippen molar-refractivity contribution in [2.45, 2.75) is 26.1 Å². The summed E-state index contributed by atoms with van der Waals surface area (Å²) in [7, 11) is -4.35. The van der Waals surface area contributed by atoms with Gasteiger partial charge in [0, 0.05) is 8.95 Å². The van der Waals surface area contributed by atoms with Crippen molar-refractivity contribution in [2.24, 2.45) is 0 Å². The van der Waals surface area contributed by atoms with Crippen LogP contribution in [0.4, 0.5) is 0 Å². The smallest absolute Gasteiger partial charge is 0.403 e. The van der Waals surface area contributed by atoms with Gasteiger partial charge >= 0.3 is 7.82 Å². The summed E-state index contributed by atoms with van der Waals surface area (Å²) in [5, 5.41) is 0. The lowest BCUT2D eigenvalue weighted by Crippen LogP contribution is -2.24. The van der Waals surface area contributed by atoms with Crippen molar-refractivity contribution >= 4 is 67.2 Å². The maximum atomic E-state index is 13.1. The molecule has 6 nitrogen and oxygen atoms in total. The minimum absolute atomic E-state index is 0.125. The molecule has 0 aromatic heterocycles. The first-order valence-electron chi connectivity index (χ1n) is 7.17. The zero-order chi connectivity index (χ0) is 20.1. The van der Waals surface area contributed by atoms with Crippen LogP contribution in [0.15, 0.2) is 50.9 Å². The average molecular weight is 575 g/mol. The summed E-state index contributed by atoms with van der Waals surface area (Å²) < 4.78 is 30.8. The second-order valence-electron chi connectivity index (χ2n) is 4.92. The lowest BCUT2D eigenvalue weighted by molar-refractivity contribution is -0.122. The predicted octanol–water partition coefficient (Wildman–Crippen LogP) is 5.78. The summed E-state index contributed by atoms with van der Waals surface area (Å²) in [5.74, 6) is -0.910. The van der Waals surface area contributed by atoms with E-state index >= 15 is 0 Å². The Morgan fingerprint density at radius 1 is 1.00 bits per heavy atom. The third-order valence-corrected chi connectivity index (χ3v) is 7.89. The van der Waals surface area contributed by atoms with E-state index < -0.39 is 31.6 Å². The van der Waals surface area contributed by atoms with E-state index in [1.807, 2.05) is 0 Å². The number of hydrogen-bond donors (Lipinski definition) is 0. The van der Waals surface area contributed by atoms with Crippen LogP contribution in [0.3, 0.4) is 0 Å². The largest absolute Gasteiger partial charge is 0.531 e. The molecule has 142 valence electrons. The second kappa shape index (κ2) is 10.1. The molecule has 0 bridgehead atoms. The Hall–Kier alpha value is -0.570. The van der Waals surface area contributed by atoms with Gasteiger partial charge in [0.05, 0.1) is 4.47 Å². The molecule has 26 heavy (non-hydrogen) atoms. The second-order valence-corrected chi connectivity index (χ2v) is 8.86. The van der Waals surface area contributed by atoms with Crippen LogP contribution in [0, 0.1) is 0 Å². The summed E-state index contributed by atoms with van der Waals surface area (Å²) in [6, 6.07) is 3.16. The monoisotopic (exact) mass is 572 g/mol.